The highest BCUT2D eigenvalue weighted by molar-refractivity contribution is 5.33. The highest BCUT2D eigenvalue weighted by Gasteiger charge is 2.06. The summed E-state index contributed by atoms with van der Waals surface area (Å²) in [4.78, 5) is 2.27. The van der Waals surface area contributed by atoms with Gasteiger partial charge < -0.3 is 10.5 Å². The Morgan fingerprint density at radius 2 is 1.60 bits per heavy atom. The van der Waals surface area contributed by atoms with Crippen molar-refractivity contribution in [2.24, 2.45) is 5.73 Å². The number of para-hydroxylation sites is 1. The molecular weight excluding hydrogens is 248 g/mol. The molecule has 0 aromatic heterocycles. The molecule has 0 radical (unpaired) electrons. The second kappa shape index (κ2) is 7.08. The number of ether oxygens (including phenoxy) is 1. The van der Waals surface area contributed by atoms with Crippen LogP contribution in [0.3, 0.4) is 0 Å². The molecule has 2 rings (SSSR count). The fourth-order valence-electron chi connectivity index (χ4n) is 2.27. The van der Waals surface area contributed by atoms with E-state index in [9.17, 15) is 0 Å². The van der Waals surface area contributed by atoms with Crippen molar-refractivity contribution in [2.45, 2.75) is 19.6 Å². The zero-order chi connectivity index (χ0) is 14.4. The van der Waals surface area contributed by atoms with E-state index in [1.165, 1.54) is 16.7 Å². The van der Waals surface area contributed by atoms with E-state index in [-0.39, 0.29) is 0 Å². The SMILES string of the molecule is COc1ccccc1CN(C)Cc1ccc(CN)cc1. The summed E-state index contributed by atoms with van der Waals surface area (Å²) in [6.07, 6.45) is 0. The molecule has 2 aromatic carbocycles. The van der Waals surface area contributed by atoms with Crippen molar-refractivity contribution in [3.05, 3.63) is 65.2 Å². The van der Waals surface area contributed by atoms with Crippen LogP contribution in [0.2, 0.25) is 0 Å². The highest BCUT2D eigenvalue weighted by atomic mass is 16.5. The fraction of sp³-hybridized carbons (Fsp3) is 0.294. The molecule has 106 valence electrons. The lowest BCUT2D eigenvalue weighted by Gasteiger charge is -2.18. The van der Waals surface area contributed by atoms with Gasteiger partial charge in [0.2, 0.25) is 0 Å². The van der Waals surface area contributed by atoms with E-state index in [4.69, 9.17) is 10.5 Å². The summed E-state index contributed by atoms with van der Waals surface area (Å²) >= 11 is 0. The van der Waals surface area contributed by atoms with Crippen molar-refractivity contribution >= 4 is 0 Å². The van der Waals surface area contributed by atoms with Crippen molar-refractivity contribution in [2.75, 3.05) is 14.2 Å². The molecule has 0 aliphatic carbocycles. The minimum absolute atomic E-state index is 0.595. The second-order valence-electron chi connectivity index (χ2n) is 5.00. The van der Waals surface area contributed by atoms with Gasteiger partial charge >= 0.3 is 0 Å². The average molecular weight is 270 g/mol. The van der Waals surface area contributed by atoms with Crippen molar-refractivity contribution in [1.29, 1.82) is 0 Å². The van der Waals surface area contributed by atoms with Crippen molar-refractivity contribution in [1.82, 2.24) is 4.90 Å². The molecule has 3 nitrogen and oxygen atoms in total. The quantitative estimate of drug-likeness (QED) is 0.877. The Hall–Kier alpha value is -1.84. The van der Waals surface area contributed by atoms with Crippen molar-refractivity contribution in [3.63, 3.8) is 0 Å². The van der Waals surface area contributed by atoms with Crippen molar-refractivity contribution in [3.8, 4) is 5.75 Å². The van der Waals surface area contributed by atoms with Crippen LogP contribution in [0.15, 0.2) is 48.5 Å². The Labute approximate surface area is 121 Å². The minimum atomic E-state index is 0.595. The van der Waals surface area contributed by atoms with Gasteiger partial charge in [-0.25, -0.2) is 0 Å². The van der Waals surface area contributed by atoms with Gasteiger partial charge in [0.25, 0.3) is 0 Å². The molecule has 0 aliphatic rings. The highest BCUT2D eigenvalue weighted by Crippen LogP contribution is 2.19. The van der Waals surface area contributed by atoms with Crippen LogP contribution in [0.1, 0.15) is 16.7 Å². The molecule has 2 aromatic rings. The van der Waals surface area contributed by atoms with E-state index < -0.39 is 0 Å². The third kappa shape index (κ3) is 3.83. The average Bonchev–Trinajstić information content (AvgIpc) is 2.48. The minimum Gasteiger partial charge on any atom is -0.496 e. The van der Waals surface area contributed by atoms with E-state index in [1.54, 1.807) is 7.11 Å². The Morgan fingerprint density at radius 3 is 2.25 bits per heavy atom. The zero-order valence-electron chi connectivity index (χ0n) is 12.2. The van der Waals surface area contributed by atoms with E-state index in [0.717, 1.165) is 18.8 Å². The molecule has 0 aliphatic heterocycles. The van der Waals surface area contributed by atoms with Crippen LogP contribution >= 0.6 is 0 Å². The second-order valence-corrected chi connectivity index (χ2v) is 5.00. The summed E-state index contributed by atoms with van der Waals surface area (Å²) < 4.78 is 5.39. The lowest BCUT2D eigenvalue weighted by Crippen LogP contribution is -2.17. The molecule has 0 saturated carbocycles. The lowest BCUT2D eigenvalue weighted by atomic mass is 10.1. The van der Waals surface area contributed by atoms with Gasteiger partial charge in [-0.2, -0.15) is 0 Å². The van der Waals surface area contributed by atoms with Gasteiger partial charge in [-0.3, -0.25) is 4.90 Å². The molecule has 0 unspecified atom stereocenters. The Kier molecular flexibility index (Phi) is 5.16. The normalized spacial score (nSPS) is 10.8. The number of hydrogen-bond acceptors (Lipinski definition) is 3. The van der Waals surface area contributed by atoms with Gasteiger partial charge in [0, 0.05) is 25.2 Å². The number of methoxy groups -OCH3 is 1. The molecule has 0 saturated heterocycles. The zero-order valence-corrected chi connectivity index (χ0v) is 12.2. The maximum atomic E-state index is 5.61. The third-order valence-electron chi connectivity index (χ3n) is 3.34. The summed E-state index contributed by atoms with van der Waals surface area (Å²) in [5, 5.41) is 0. The van der Waals surface area contributed by atoms with E-state index in [1.807, 2.05) is 18.2 Å². The van der Waals surface area contributed by atoms with Crippen molar-refractivity contribution < 1.29 is 4.74 Å². The smallest absolute Gasteiger partial charge is 0.123 e. The van der Waals surface area contributed by atoms with Gasteiger partial charge in [-0.1, -0.05) is 42.5 Å². The van der Waals surface area contributed by atoms with E-state index in [2.05, 4.69) is 42.3 Å². The number of nitrogens with zero attached hydrogens (tertiary/aromatic N) is 1. The summed E-state index contributed by atoms with van der Waals surface area (Å²) in [7, 11) is 3.83. The molecule has 0 spiro atoms. The van der Waals surface area contributed by atoms with Gasteiger partial charge in [-0.15, -0.1) is 0 Å². The summed E-state index contributed by atoms with van der Waals surface area (Å²) in [6, 6.07) is 16.6. The van der Waals surface area contributed by atoms with Gasteiger partial charge in [0.15, 0.2) is 0 Å². The summed E-state index contributed by atoms with van der Waals surface area (Å²) in [5.74, 6) is 0.942. The first-order valence-corrected chi connectivity index (χ1v) is 6.81. The van der Waals surface area contributed by atoms with Crippen LogP contribution in [0.25, 0.3) is 0 Å². The molecule has 0 bridgehead atoms. The van der Waals surface area contributed by atoms with E-state index in [0.29, 0.717) is 6.54 Å². The molecule has 3 heteroatoms. The number of benzene rings is 2. The Morgan fingerprint density at radius 1 is 0.950 bits per heavy atom. The fourth-order valence-corrected chi connectivity index (χ4v) is 2.27. The molecule has 2 N–H and O–H groups in total. The topological polar surface area (TPSA) is 38.5 Å². The van der Waals surface area contributed by atoms with Crippen LogP contribution in [0.5, 0.6) is 5.75 Å². The van der Waals surface area contributed by atoms with Crippen LogP contribution in [0, 0.1) is 0 Å². The third-order valence-corrected chi connectivity index (χ3v) is 3.34. The monoisotopic (exact) mass is 270 g/mol. The van der Waals surface area contributed by atoms with E-state index >= 15 is 0 Å². The lowest BCUT2D eigenvalue weighted by molar-refractivity contribution is 0.310. The summed E-state index contributed by atoms with van der Waals surface area (Å²) in [6.45, 7) is 2.36. The van der Waals surface area contributed by atoms with Crippen LogP contribution in [-0.2, 0) is 19.6 Å². The largest absolute Gasteiger partial charge is 0.496 e. The Bertz CT molecular complexity index is 537. The Balaban J connectivity index is 1.99. The van der Waals surface area contributed by atoms with Crippen LogP contribution < -0.4 is 10.5 Å². The molecule has 0 fully saturated rings. The standard InChI is InChI=1S/C17H22N2O/c1-19(12-15-9-7-14(11-18)8-10-15)13-16-5-3-4-6-17(16)20-2/h3-10H,11-13,18H2,1-2H3. The summed E-state index contributed by atoms with van der Waals surface area (Å²) in [5.41, 5.74) is 9.27. The first kappa shape index (κ1) is 14.6. The van der Waals surface area contributed by atoms with Crippen LogP contribution in [-0.4, -0.2) is 19.1 Å². The maximum absolute atomic E-state index is 5.61. The van der Waals surface area contributed by atoms with Gasteiger partial charge in [0.05, 0.1) is 7.11 Å². The van der Waals surface area contributed by atoms with Crippen LogP contribution in [0.4, 0.5) is 0 Å². The molecular formula is C17H22N2O. The molecule has 0 amide bonds. The maximum Gasteiger partial charge on any atom is 0.123 e. The first-order valence-electron chi connectivity index (χ1n) is 6.81. The predicted molar refractivity (Wildman–Crippen MR) is 82.5 cm³/mol. The van der Waals surface area contributed by atoms with Gasteiger partial charge in [-0.05, 0) is 24.2 Å². The number of rotatable bonds is 6. The van der Waals surface area contributed by atoms with Gasteiger partial charge in [0.1, 0.15) is 5.75 Å². The molecule has 20 heavy (non-hydrogen) atoms. The predicted octanol–water partition coefficient (Wildman–Crippen LogP) is 2.79. The molecule has 0 atom stereocenters. The molecule has 0 heterocycles. The number of nitrogens with two attached hydrogens (primary N) is 1. The number of hydrogen-bond donors (Lipinski definition) is 1. The first-order chi connectivity index (χ1) is 9.72.